The predicted molar refractivity (Wildman–Crippen MR) is 95.4 cm³/mol. The summed E-state index contributed by atoms with van der Waals surface area (Å²) < 4.78 is 146. The Bertz CT molecular complexity index is 903. The number of rotatable bonds is 5. The molecule has 0 N–H and O–H groups in total. The number of hydrogen-bond acceptors (Lipinski definition) is 7. The zero-order chi connectivity index (χ0) is 26.8. The van der Waals surface area contributed by atoms with E-state index in [0.717, 1.165) is 0 Å². The van der Waals surface area contributed by atoms with E-state index in [1.807, 2.05) is 0 Å². The Hall–Kier alpha value is -1.14. The third-order valence-corrected chi connectivity index (χ3v) is 7.57. The molecule has 8 nitrogen and oxygen atoms in total. The molecule has 0 aromatic carbocycles. The van der Waals surface area contributed by atoms with Crippen LogP contribution in [-0.4, -0.2) is 73.3 Å². The number of unbranched alkanes of at least 4 members (excludes halogenated alkanes) is 1. The first kappa shape index (κ1) is 35.0. The molecule has 0 spiro atoms. The van der Waals surface area contributed by atoms with Gasteiger partial charge in [-0.2, -0.15) is 56.3 Å². The summed E-state index contributed by atoms with van der Waals surface area (Å²) in [6.45, 7) is 7.82. The van der Waals surface area contributed by atoms with Crippen LogP contribution < -0.4 is 0 Å². The van der Waals surface area contributed by atoms with E-state index in [-0.39, 0.29) is 19.5 Å². The molecule has 0 aliphatic carbocycles. The molecule has 1 aliphatic rings. The summed E-state index contributed by atoms with van der Waals surface area (Å²) >= 11 is 0. The van der Waals surface area contributed by atoms with Gasteiger partial charge in [0.25, 0.3) is 0 Å². The number of hydrogen-bond donors (Lipinski definition) is 0. The average molecular weight is 647 g/mol. The van der Waals surface area contributed by atoms with Gasteiger partial charge >= 0.3 is 43.1 Å². The monoisotopic (exact) mass is 647 g/mol. The Morgan fingerprint density at radius 2 is 1.35 bits per heavy atom. The topological polar surface area (TPSA) is 95.1 Å². The normalized spacial score (nSPS) is 18.0. The van der Waals surface area contributed by atoms with Crippen LogP contribution in [0.15, 0.2) is 11.8 Å². The fraction of sp³-hybridized carbons (Fsp3) is 0.786. The molecule has 1 heterocycles. The summed E-state index contributed by atoms with van der Waals surface area (Å²) in [5, 5.41) is 4.68. The van der Waals surface area contributed by atoms with Gasteiger partial charge in [-0.15, -0.1) is 3.71 Å². The Balaban J connectivity index is 0. The molecular weight excluding hydrogens is 626 g/mol. The average Bonchev–Trinajstić information content (AvgIpc) is 2.82. The summed E-state index contributed by atoms with van der Waals surface area (Å²) in [6.07, 6.45) is -1.78. The molecule has 0 saturated heterocycles. The first-order valence-electron chi connectivity index (χ1n) is 8.67. The van der Waals surface area contributed by atoms with Gasteiger partial charge in [-0.05, 0) is 26.3 Å². The predicted octanol–water partition coefficient (Wildman–Crippen LogP) is 3.32. The zero-order valence-electron chi connectivity index (χ0n) is 17.7. The van der Waals surface area contributed by atoms with Crippen molar-refractivity contribution in [3.05, 3.63) is 11.8 Å². The third kappa shape index (κ3) is 7.94. The Morgan fingerprint density at radius 1 is 0.971 bits per heavy atom. The minimum absolute atomic E-state index is 0. The smallest absolute Gasteiger partial charge is 0.310 e. The quantitative estimate of drug-likeness (QED) is 0.334. The summed E-state index contributed by atoms with van der Waals surface area (Å²) in [7, 11) is -13.5. The molecule has 204 valence electrons. The number of carbonyl (C=O) groups is 1. The van der Waals surface area contributed by atoms with E-state index in [4.69, 9.17) is 0 Å². The largest absolute Gasteiger partial charge is 0.517 e. The second-order valence-corrected chi connectivity index (χ2v) is 10.3. The van der Waals surface area contributed by atoms with Crippen LogP contribution in [0.2, 0.25) is 0 Å². The molecule has 1 rings (SSSR count). The first-order chi connectivity index (χ1) is 14.4. The Kier molecular flexibility index (Phi) is 12.1. The van der Waals surface area contributed by atoms with Crippen LogP contribution in [0.1, 0.15) is 33.6 Å². The standard InChI is InChI=1S/C10H20N2.C4F9NO5S2.Ru/c1-5-6-7-12-10(3)8-9(2)11(12)4;5-2(6,7)1(15)14(20(16,17)3(8,9)10)21(18,19)4(11,12)13;/h8-9H,5-7H2,1-4H3;;. The van der Waals surface area contributed by atoms with Gasteiger partial charge < -0.3 is 5.01 Å². The maximum absolute atomic E-state index is 12.0. The molecule has 1 aliphatic heterocycles. The zero-order valence-corrected chi connectivity index (χ0v) is 21.1. The van der Waals surface area contributed by atoms with Crippen molar-refractivity contribution in [1.29, 1.82) is 0 Å². The van der Waals surface area contributed by atoms with E-state index in [2.05, 4.69) is 43.9 Å². The number of hydrazine groups is 1. The molecule has 0 radical (unpaired) electrons. The van der Waals surface area contributed by atoms with Gasteiger partial charge in [0.1, 0.15) is 0 Å². The van der Waals surface area contributed by atoms with Gasteiger partial charge in [-0.1, -0.05) is 13.3 Å². The Morgan fingerprint density at radius 3 is 1.59 bits per heavy atom. The summed E-state index contributed by atoms with van der Waals surface area (Å²) in [6, 6.07) is 0.571. The van der Waals surface area contributed by atoms with Crippen molar-refractivity contribution in [1.82, 2.24) is 13.7 Å². The number of allylic oxidation sites excluding steroid dienone is 1. The maximum atomic E-state index is 12.0. The Labute approximate surface area is 202 Å². The van der Waals surface area contributed by atoms with Crippen LogP contribution in [0.3, 0.4) is 0 Å². The fourth-order valence-electron chi connectivity index (χ4n) is 2.29. The molecule has 0 aromatic heterocycles. The van der Waals surface area contributed by atoms with Gasteiger partial charge in [0.05, 0.1) is 0 Å². The molecule has 1 unspecified atom stereocenters. The number of nitrogens with zero attached hydrogens (tertiary/aromatic N) is 3. The van der Waals surface area contributed by atoms with E-state index in [9.17, 15) is 61.1 Å². The van der Waals surface area contributed by atoms with E-state index in [0.29, 0.717) is 6.04 Å². The number of amides is 1. The first-order valence-corrected chi connectivity index (χ1v) is 11.6. The molecule has 0 bridgehead atoms. The molecule has 0 fully saturated rings. The van der Waals surface area contributed by atoms with Crippen LogP contribution in [0, 0.1) is 0 Å². The number of alkyl halides is 9. The van der Waals surface area contributed by atoms with E-state index >= 15 is 0 Å². The summed E-state index contributed by atoms with van der Waals surface area (Å²) in [4.78, 5) is 10.4. The second-order valence-electron chi connectivity index (χ2n) is 6.50. The van der Waals surface area contributed by atoms with Crippen LogP contribution in [0.5, 0.6) is 0 Å². The van der Waals surface area contributed by atoms with Gasteiger partial charge in [0.15, 0.2) is 0 Å². The van der Waals surface area contributed by atoms with Crippen LogP contribution in [0.25, 0.3) is 0 Å². The van der Waals surface area contributed by atoms with E-state index in [1.54, 1.807) is 0 Å². The number of likely N-dealkylation sites (N-methyl/N-ethyl adjacent to an activating group) is 1. The van der Waals surface area contributed by atoms with Gasteiger partial charge in [-0.3, -0.25) is 4.79 Å². The number of halogens is 9. The molecular formula is C14H20F9N3O5RuS2. The molecule has 1 amide bonds. The molecule has 1 atom stereocenters. The van der Waals surface area contributed by atoms with E-state index < -0.39 is 46.9 Å². The maximum Gasteiger partial charge on any atom is 0.517 e. The minimum atomic E-state index is -7.81. The van der Waals surface area contributed by atoms with Crippen molar-refractivity contribution in [2.75, 3.05) is 13.6 Å². The van der Waals surface area contributed by atoms with E-state index in [1.165, 1.54) is 25.1 Å². The van der Waals surface area contributed by atoms with Crippen molar-refractivity contribution < 1.29 is 80.6 Å². The van der Waals surface area contributed by atoms with Crippen molar-refractivity contribution in [3.63, 3.8) is 0 Å². The van der Waals surface area contributed by atoms with Crippen LogP contribution >= 0.6 is 0 Å². The van der Waals surface area contributed by atoms with Crippen LogP contribution in [-0.2, 0) is 44.3 Å². The van der Waals surface area contributed by atoms with Crippen molar-refractivity contribution in [3.8, 4) is 0 Å². The fourth-order valence-corrected chi connectivity index (χ4v) is 4.85. The third-order valence-electron chi connectivity index (χ3n) is 4.01. The molecule has 0 saturated carbocycles. The molecule has 34 heavy (non-hydrogen) atoms. The van der Waals surface area contributed by atoms with Gasteiger partial charge in [0.2, 0.25) is 0 Å². The molecule has 0 aromatic rings. The molecule has 20 heteroatoms. The number of carbonyl (C=O) groups excluding carboxylic acids is 1. The second kappa shape index (κ2) is 11.7. The summed E-state index contributed by atoms with van der Waals surface area (Å²) in [5.41, 5.74) is -12.4. The van der Waals surface area contributed by atoms with Gasteiger partial charge in [0, 0.05) is 44.8 Å². The number of sulfonamides is 2. The van der Waals surface area contributed by atoms with Crippen LogP contribution in [0.4, 0.5) is 39.5 Å². The van der Waals surface area contributed by atoms with Gasteiger partial charge in [-0.25, -0.2) is 5.01 Å². The van der Waals surface area contributed by atoms with Crippen molar-refractivity contribution >= 4 is 26.0 Å². The SMILES string of the molecule is CCCCN1C(C)=CC(C)N1C.O=C(N(S(=O)(=O)C(F)(F)F)S(=O)(=O)C(F)(F)F)C(F)(F)F.[Ru]. The van der Waals surface area contributed by atoms with Crippen molar-refractivity contribution in [2.45, 2.75) is 56.8 Å². The summed E-state index contributed by atoms with van der Waals surface area (Å²) in [5.74, 6) is -4.39. The minimum Gasteiger partial charge on any atom is -0.310 e. The van der Waals surface area contributed by atoms with Crippen molar-refractivity contribution in [2.24, 2.45) is 0 Å².